The highest BCUT2D eigenvalue weighted by Gasteiger charge is 2.45. The Labute approximate surface area is 195 Å². The molecular formula is C32H26O. The zero-order valence-electron chi connectivity index (χ0n) is 18.7. The van der Waals surface area contributed by atoms with Gasteiger partial charge in [-0.15, -0.1) is 0 Å². The van der Waals surface area contributed by atoms with Gasteiger partial charge in [-0.25, -0.2) is 0 Å². The van der Waals surface area contributed by atoms with Crippen LogP contribution < -0.4 is 4.74 Å². The molecule has 160 valence electrons. The van der Waals surface area contributed by atoms with E-state index in [1.54, 1.807) is 0 Å². The summed E-state index contributed by atoms with van der Waals surface area (Å²) in [6.07, 6.45) is 0.838. The van der Waals surface area contributed by atoms with Crippen LogP contribution in [0.5, 0.6) is 5.75 Å². The SMILES string of the molecule is Cc1ccc(C2CC(c3ccccc3)(c3ccccc3)Oc3ccc4ccccc4c32)cc1. The van der Waals surface area contributed by atoms with Crippen molar-refractivity contribution in [1.82, 2.24) is 0 Å². The Morgan fingerprint density at radius 3 is 1.91 bits per heavy atom. The van der Waals surface area contributed by atoms with E-state index in [2.05, 4.69) is 128 Å². The molecule has 0 N–H and O–H groups in total. The summed E-state index contributed by atoms with van der Waals surface area (Å²) in [5.74, 6) is 1.18. The summed E-state index contributed by atoms with van der Waals surface area (Å²) in [4.78, 5) is 0. The van der Waals surface area contributed by atoms with Crippen LogP contribution in [0.4, 0.5) is 0 Å². The van der Waals surface area contributed by atoms with E-state index in [1.807, 2.05) is 0 Å². The van der Waals surface area contributed by atoms with Crippen LogP contribution in [0, 0.1) is 6.92 Å². The minimum atomic E-state index is -0.562. The summed E-state index contributed by atoms with van der Waals surface area (Å²) in [7, 11) is 0. The lowest BCUT2D eigenvalue weighted by atomic mass is 9.72. The molecule has 0 saturated carbocycles. The second-order valence-corrected chi connectivity index (χ2v) is 9.03. The lowest BCUT2D eigenvalue weighted by Gasteiger charge is -2.44. The molecule has 5 aromatic carbocycles. The maximum absolute atomic E-state index is 7.08. The molecule has 1 unspecified atom stereocenters. The number of benzene rings is 5. The third-order valence-corrected chi connectivity index (χ3v) is 7.01. The van der Waals surface area contributed by atoms with Crippen molar-refractivity contribution >= 4 is 10.8 Å². The van der Waals surface area contributed by atoms with Gasteiger partial charge in [0.05, 0.1) is 0 Å². The maximum Gasteiger partial charge on any atom is 0.160 e. The van der Waals surface area contributed by atoms with E-state index in [0.29, 0.717) is 0 Å². The van der Waals surface area contributed by atoms with Crippen LogP contribution in [0.2, 0.25) is 0 Å². The van der Waals surface area contributed by atoms with Gasteiger partial charge in [-0.2, -0.15) is 0 Å². The first-order chi connectivity index (χ1) is 16.2. The Morgan fingerprint density at radius 1 is 0.636 bits per heavy atom. The van der Waals surface area contributed by atoms with Gasteiger partial charge in [0.15, 0.2) is 5.60 Å². The monoisotopic (exact) mass is 426 g/mol. The van der Waals surface area contributed by atoms with E-state index >= 15 is 0 Å². The van der Waals surface area contributed by atoms with Crippen LogP contribution in [0.3, 0.4) is 0 Å². The fourth-order valence-corrected chi connectivity index (χ4v) is 5.36. The molecular weight excluding hydrogens is 400 g/mol. The van der Waals surface area contributed by atoms with Gasteiger partial charge in [0.1, 0.15) is 5.75 Å². The molecule has 1 heteroatoms. The Balaban J connectivity index is 1.65. The quantitative estimate of drug-likeness (QED) is 0.284. The standard InChI is InChI=1S/C32H26O/c1-23-16-18-25(19-17-23)29-22-32(26-11-4-2-5-12-26,27-13-6-3-7-14-27)33-30-21-20-24-10-8-9-15-28(24)31(29)30/h2-21,29H,22H2,1H3. The zero-order valence-corrected chi connectivity index (χ0v) is 18.7. The fourth-order valence-electron chi connectivity index (χ4n) is 5.36. The van der Waals surface area contributed by atoms with Gasteiger partial charge in [-0.1, -0.05) is 121 Å². The molecule has 1 heterocycles. The van der Waals surface area contributed by atoms with Gasteiger partial charge in [0.25, 0.3) is 0 Å². The molecule has 0 radical (unpaired) electrons. The molecule has 5 aromatic rings. The van der Waals surface area contributed by atoms with E-state index in [1.165, 1.54) is 38.6 Å². The van der Waals surface area contributed by atoms with E-state index in [4.69, 9.17) is 4.74 Å². The zero-order chi connectivity index (χ0) is 22.3. The van der Waals surface area contributed by atoms with E-state index in [0.717, 1.165) is 12.2 Å². The van der Waals surface area contributed by atoms with Crippen molar-refractivity contribution in [3.63, 3.8) is 0 Å². The summed E-state index contributed by atoms with van der Waals surface area (Å²) in [5.41, 5.74) is 5.71. The van der Waals surface area contributed by atoms with Gasteiger partial charge in [0.2, 0.25) is 0 Å². The van der Waals surface area contributed by atoms with Crippen LogP contribution in [0.25, 0.3) is 10.8 Å². The number of hydrogen-bond acceptors (Lipinski definition) is 1. The first-order valence-electron chi connectivity index (χ1n) is 11.6. The molecule has 0 bridgehead atoms. The van der Waals surface area contributed by atoms with Gasteiger partial charge in [-0.3, -0.25) is 0 Å². The second kappa shape index (κ2) is 7.94. The van der Waals surface area contributed by atoms with Crippen molar-refractivity contribution in [2.24, 2.45) is 0 Å². The molecule has 0 spiro atoms. The summed E-state index contributed by atoms with van der Waals surface area (Å²) < 4.78 is 7.08. The topological polar surface area (TPSA) is 9.23 Å². The van der Waals surface area contributed by atoms with E-state index in [9.17, 15) is 0 Å². The summed E-state index contributed by atoms with van der Waals surface area (Å²) >= 11 is 0. The smallest absolute Gasteiger partial charge is 0.160 e. The average Bonchev–Trinajstić information content (AvgIpc) is 2.89. The van der Waals surface area contributed by atoms with E-state index in [-0.39, 0.29) is 5.92 Å². The summed E-state index contributed by atoms with van der Waals surface area (Å²) in [6, 6.07) is 43.4. The van der Waals surface area contributed by atoms with Gasteiger partial charge >= 0.3 is 0 Å². The highest BCUT2D eigenvalue weighted by molar-refractivity contribution is 5.89. The Bertz CT molecular complexity index is 1360. The number of hydrogen-bond donors (Lipinski definition) is 0. The molecule has 1 nitrogen and oxygen atoms in total. The summed E-state index contributed by atoms with van der Waals surface area (Å²) in [6.45, 7) is 2.15. The maximum atomic E-state index is 7.08. The number of aryl methyl sites for hydroxylation is 1. The predicted molar refractivity (Wildman–Crippen MR) is 136 cm³/mol. The number of rotatable bonds is 3. The Kier molecular flexibility index (Phi) is 4.77. The minimum Gasteiger partial charge on any atom is -0.477 e. The van der Waals surface area contributed by atoms with Crippen molar-refractivity contribution in [2.45, 2.75) is 24.9 Å². The highest BCUT2D eigenvalue weighted by Crippen LogP contribution is 2.53. The van der Waals surface area contributed by atoms with Gasteiger partial charge in [-0.05, 0) is 40.5 Å². The van der Waals surface area contributed by atoms with Crippen LogP contribution in [0.1, 0.15) is 40.2 Å². The average molecular weight is 427 g/mol. The Morgan fingerprint density at radius 2 is 1.24 bits per heavy atom. The predicted octanol–water partition coefficient (Wildman–Crippen LogP) is 8.01. The first kappa shape index (κ1) is 19.8. The van der Waals surface area contributed by atoms with Crippen molar-refractivity contribution in [2.75, 3.05) is 0 Å². The van der Waals surface area contributed by atoms with Crippen molar-refractivity contribution < 1.29 is 4.74 Å². The highest BCUT2D eigenvalue weighted by atomic mass is 16.5. The fraction of sp³-hybridized carbons (Fsp3) is 0.125. The molecule has 0 fully saturated rings. The van der Waals surface area contributed by atoms with Gasteiger partial charge in [0, 0.05) is 17.9 Å². The van der Waals surface area contributed by atoms with Crippen LogP contribution in [0.15, 0.2) is 121 Å². The molecule has 1 atom stereocenters. The molecule has 0 saturated heterocycles. The van der Waals surface area contributed by atoms with Crippen LogP contribution in [-0.2, 0) is 5.60 Å². The normalized spacial score (nSPS) is 16.7. The number of ether oxygens (including phenoxy) is 1. The second-order valence-electron chi connectivity index (χ2n) is 9.03. The summed E-state index contributed by atoms with van der Waals surface area (Å²) in [5, 5.41) is 2.53. The third-order valence-electron chi connectivity index (χ3n) is 7.01. The van der Waals surface area contributed by atoms with Crippen LogP contribution >= 0.6 is 0 Å². The third kappa shape index (κ3) is 3.32. The largest absolute Gasteiger partial charge is 0.477 e. The Hall–Kier alpha value is -3.84. The molecule has 1 aliphatic rings. The van der Waals surface area contributed by atoms with Gasteiger partial charge < -0.3 is 4.74 Å². The lowest BCUT2D eigenvalue weighted by Crippen LogP contribution is -2.40. The minimum absolute atomic E-state index is 0.209. The van der Waals surface area contributed by atoms with E-state index < -0.39 is 5.60 Å². The van der Waals surface area contributed by atoms with Crippen molar-refractivity contribution in [1.29, 1.82) is 0 Å². The van der Waals surface area contributed by atoms with Crippen LogP contribution in [-0.4, -0.2) is 0 Å². The van der Waals surface area contributed by atoms with Crippen molar-refractivity contribution in [3.05, 3.63) is 149 Å². The molecule has 6 rings (SSSR count). The van der Waals surface area contributed by atoms with Crippen molar-refractivity contribution in [3.8, 4) is 5.75 Å². The molecule has 0 aromatic heterocycles. The molecule has 33 heavy (non-hydrogen) atoms. The molecule has 0 amide bonds. The number of fused-ring (bicyclic) bond motifs is 3. The first-order valence-corrected chi connectivity index (χ1v) is 11.6. The lowest BCUT2D eigenvalue weighted by molar-refractivity contribution is 0.0783. The molecule has 1 aliphatic heterocycles. The molecule has 0 aliphatic carbocycles.